The van der Waals surface area contributed by atoms with Gasteiger partial charge in [0.25, 0.3) is 0 Å². The van der Waals surface area contributed by atoms with Gasteiger partial charge >= 0.3 is 0 Å². The third-order valence-electron chi connectivity index (χ3n) is 5.86. The van der Waals surface area contributed by atoms with E-state index in [0.29, 0.717) is 6.04 Å². The fraction of sp³-hybridized carbons (Fsp3) is 1.00. The third kappa shape index (κ3) is 4.00. The normalized spacial score (nSPS) is 33.9. The first kappa shape index (κ1) is 15.8. The van der Waals surface area contributed by atoms with Crippen LogP contribution in [0.3, 0.4) is 0 Å². The molecule has 0 radical (unpaired) electrons. The lowest BCUT2D eigenvalue weighted by Gasteiger charge is -2.45. The highest BCUT2D eigenvalue weighted by atomic mass is 16.5. The molecular formula is C18H34N2O. The molecule has 1 saturated carbocycles. The molecule has 1 spiro atoms. The second-order valence-corrected chi connectivity index (χ2v) is 7.95. The number of hydrogen-bond acceptors (Lipinski definition) is 3. The summed E-state index contributed by atoms with van der Waals surface area (Å²) in [4.78, 5) is 2.80. The van der Waals surface area contributed by atoms with Gasteiger partial charge in [-0.2, -0.15) is 0 Å². The zero-order valence-electron chi connectivity index (χ0n) is 14.1. The van der Waals surface area contributed by atoms with E-state index in [1.165, 1.54) is 71.0 Å². The van der Waals surface area contributed by atoms with Gasteiger partial charge in [0.05, 0.1) is 5.60 Å². The first-order chi connectivity index (χ1) is 10.2. The molecule has 0 aromatic rings. The standard InChI is InChI=1S/C18H34N2O/c1-15(2)19-13-16-6-5-10-20(14-16)17-7-11-21-18(12-17)8-3-4-9-18/h15-17,19H,3-14H2,1-2H3. The summed E-state index contributed by atoms with van der Waals surface area (Å²) in [6.45, 7) is 9.32. The minimum absolute atomic E-state index is 0.270. The number of nitrogens with one attached hydrogen (secondary N) is 1. The number of rotatable bonds is 4. The molecule has 2 aliphatic heterocycles. The van der Waals surface area contributed by atoms with E-state index in [9.17, 15) is 0 Å². The summed E-state index contributed by atoms with van der Waals surface area (Å²) >= 11 is 0. The minimum Gasteiger partial charge on any atom is -0.375 e. The molecule has 2 unspecified atom stereocenters. The van der Waals surface area contributed by atoms with Gasteiger partial charge in [-0.05, 0) is 57.5 Å². The highest BCUT2D eigenvalue weighted by Gasteiger charge is 2.42. The summed E-state index contributed by atoms with van der Waals surface area (Å²) in [5.74, 6) is 0.850. The summed E-state index contributed by atoms with van der Waals surface area (Å²) in [7, 11) is 0. The predicted molar refractivity (Wildman–Crippen MR) is 87.6 cm³/mol. The second kappa shape index (κ2) is 6.97. The summed E-state index contributed by atoms with van der Waals surface area (Å²) in [6.07, 6.45) is 10.7. The van der Waals surface area contributed by atoms with Gasteiger partial charge in [0.1, 0.15) is 0 Å². The van der Waals surface area contributed by atoms with E-state index in [4.69, 9.17) is 4.74 Å². The van der Waals surface area contributed by atoms with Crippen LogP contribution in [0.2, 0.25) is 0 Å². The van der Waals surface area contributed by atoms with Crippen LogP contribution in [0.1, 0.15) is 65.2 Å². The van der Waals surface area contributed by atoms with Crippen molar-refractivity contribution in [3.05, 3.63) is 0 Å². The van der Waals surface area contributed by atoms with Gasteiger partial charge < -0.3 is 10.1 Å². The minimum atomic E-state index is 0.270. The Labute approximate surface area is 130 Å². The fourth-order valence-electron chi connectivity index (χ4n) is 4.68. The first-order valence-electron chi connectivity index (χ1n) is 9.28. The fourth-order valence-corrected chi connectivity index (χ4v) is 4.68. The Kier molecular flexibility index (Phi) is 5.23. The van der Waals surface area contributed by atoms with E-state index in [2.05, 4.69) is 24.1 Å². The average molecular weight is 294 g/mol. The summed E-state index contributed by atoms with van der Waals surface area (Å²) < 4.78 is 6.21. The Morgan fingerprint density at radius 1 is 1.19 bits per heavy atom. The van der Waals surface area contributed by atoms with Crippen LogP contribution in [0.25, 0.3) is 0 Å². The smallest absolute Gasteiger partial charge is 0.0697 e. The molecule has 1 N–H and O–H groups in total. The van der Waals surface area contributed by atoms with Crippen LogP contribution in [-0.4, -0.2) is 48.8 Å². The van der Waals surface area contributed by atoms with Gasteiger partial charge in [-0.15, -0.1) is 0 Å². The van der Waals surface area contributed by atoms with Gasteiger partial charge in [-0.1, -0.05) is 26.7 Å². The van der Waals surface area contributed by atoms with Crippen LogP contribution in [0, 0.1) is 5.92 Å². The van der Waals surface area contributed by atoms with E-state index in [-0.39, 0.29) is 5.60 Å². The van der Waals surface area contributed by atoms with Crippen molar-refractivity contribution in [1.82, 2.24) is 10.2 Å². The number of ether oxygens (including phenoxy) is 1. The molecule has 2 atom stereocenters. The quantitative estimate of drug-likeness (QED) is 0.862. The Morgan fingerprint density at radius 2 is 2.00 bits per heavy atom. The van der Waals surface area contributed by atoms with Crippen molar-refractivity contribution in [3.8, 4) is 0 Å². The Hall–Kier alpha value is -0.120. The van der Waals surface area contributed by atoms with E-state index in [0.717, 1.165) is 18.6 Å². The molecule has 3 aliphatic rings. The first-order valence-corrected chi connectivity index (χ1v) is 9.28. The Balaban J connectivity index is 1.53. The predicted octanol–water partition coefficient (Wildman–Crippen LogP) is 3.19. The van der Waals surface area contributed by atoms with Gasteiger partial charge in [-0.3, -0.25) is 4.90 Å². The van der Waals surface area contributed by atoms with Crippen molar-refractivity contribution in [2.45, 2.75) is 82.9 Å². The summed E-state index contributed by atoms with van der Waals surface area (Å²) in [5, 5.41) is 3.64. The topological polar surface area (TPSA) is 24.5 Å². The molecule has 3 nitrogen and oxygen atoms in total. The number of likely N-dealkylation sites (tertiary alicyclic amines) is 1. The molecule has 0 bridgehead atoms. The van der Waals surface area contributed by atoms with Crippen LogP contribution >= 0.6 is 0 Å². The third-order valence-corrected chi connectivity index (χ3v) is 5.86. The lowest BCUT2D eigenvalue weighted by molar-refractivity contribution is -0.105. The van der Waals surface area contributed by atoms with E-state index in [1.807, 2.05) is 0 Å². The van der Waals surface area contributed by atoms with E-state index >= 15 is 0 Å². The van der Waals surface area contributed by atoms with Crippen molar-refractivity contribution in [2.75, 3.05) is 26.2 Å². The SMILES string of the molecule is CC(C)NCC1CCCN(C2CCOC3(CCCC3)C2)C1. The van der Waals surface area contributed by atoms with Gasteiger partial charge in [0.2, 0.25) is 0 Å². The molecule has 3 rings (SSSR count). The van der Waals surface area contributed by atoms with Crippen molar-refractivity contribution in [1.29, 1.82) is 0 Å². The van der Waals surface area contributed by atoms with E-state index in [1.54, 1.807) is 0 Å². The van der Waals surface area contributed by atoms with Crippen molar-refractivity contribution in [3.63, 3.8) is 0 Å². The van der Waals surface area contributed by atoms with Crippen LogP contribution in [0.5, 0.6) is 0 Å². The zero-order valence-corrected chi connectivity index (χ0v) is 14.1. The molecular weight excluding hydrogens is 260 g/mol. The molecule has 1 aliphatic carbocycles. The van der Waals surface area contributed by atoms with Crippen molar-refractivity contribution >= 4 is 0 Å². The Morgan fingerprint density at radius 3 is 2.76 bits per heavy atom. The molecule has 2 heterocycles. The van der Waals surface area contributed by atoms with Gasteiger partial charge in [-0.25, -0.2) is 0 Å². The number of piperidine rings is 1. The molecule has 0 amide bonds. The summed E-state index contributed by atoms with van der Waals surface area (Å²) in [6, 6.07) is 1.41. The van der Waals surface area contributed by atoms with Gasteiger partial charge in [0.15, 0.2) is 0 Å². The lowest BCUT2D eigenvalue weighted by Crippen LogP contribution is -2.51. The molecule has 0 aromatic carbocycles. The molecule has 2 saturated heterocycles. The highest BCUT2D eigenvalue weighted by Crippen LogP contribution is 2.41. The van der Waals surface area contributed by atoms with Crippen LogP contribution in [0.15, 0.2) is 0 Å². The largest absolute Gasteiger partial charge is 0.375 e. The maximum Gasteiger partial charge on any atom is 0.0697 e. The molecule has 0 aromatic heterocycles. The van der Waals surface area contributed by atoms with Crippen LogP contribution in [0.4, 0.5) is 0 Å². The van der Waals surface area contributed by atoms with Crippen LogP contribution in [-0.2, 0) is 4.74 Å². The molecule has 21 heavy (non-hydrogen) atoms. The highest BCUT2D eigenvalue weighted by molar-refractivity contribution is 4.95. The maximum absolute atomic E-state index is 6.21. The van der Waals surface area contributed by atoms with E-state index < -0.39 is 0 Å². The maximum atomic E-state index is 6.21. The van der Waals surface area contributed by atoms with Crippen molar-refractivity contribution < 1.29 is 4.74 Å². The summed E-state index contributed by atoms with van der Waals surface area (Å²) in [5.41, 5.74) is 0.270. The Bertz CT molecular complexity index is 325. The number of hydrogen-bond donors (Lipinski definition) is 1. The number of nitrogens with zero attached hydrogens (tertiary/aromatic N) is 1. The second-order valence-electron chi connectivity index (χ2n) is 7.95. The van der Waals surface area contributed by atoms with Crippen molar-refractivity contribution in [2.24, 2.45) is 5.92 Å². The van der Waals surface area contributed by atoms with Crippen LogP contribution < -0.4 is 5.32 Å². The molecule has 3 heteroatoms. The molecule has 122 valence electrons. The molecule has 3 fully saturated rings. The average Bonchev–Trinajstić information content (AvgIpc) is 2.93. The van der Waals surface area contributed by atoms with Gasteiger partial charge in [0, 0.05) is 25.2 Å². The monoisotopic (exact) mass is 294 g/mol. The zero-order chi connectivity index (χ0) is 14.7. The lowest BCUT2D eigenvalue weighted by atomic mass is 9.86.